The Morgan fingerprint density at radius 3 is 2.89 bits per heavy atom. The predicted molar refractivity (Wildman–Crippen MR) is 71.0 cm³/mol. The summed E-state index contributed by atoms with van der Waals surface area (Å²) < 4.78 is 5.20. The quantitative estimate of drug-likeness (QED) is 0.829. The van der Waals surface area contributed by atoms with Gasteiger partial charge in [0.15, 0.2) is 0 Å². The van der Waals surface area contributed by atoms with Crippen molar-refractivity contribution < 1.29 is 9.52 Å². The molecular weight excluding hydrogens is 254 g/mol. The Morgan fingerprint density at radius 1 is 1.50 bits per heavy atom. The van der Waals surface area contributed by atoms with Crippen molar-refractivity contribution in [3.63, 3.8) is 0 Å². The summed E-state index contributed by atoms with van der Waals surface area (Å²) >= 11 is 6.22. The number of aryl methyl sites for hydroxylation is 1. The highest BCUT2D eigenvalue weighted by molar-refractivity contribution is 6.36. The fourth-order valence-corrected chi connectivity index (χ4v) is 2.12. The Hall–Kier alpha value is -1.36. The SMILES string of the molecule is Cc1ccc2oc(=O)c(CC(N)CO)c(Cl)c2c1. The Balaban J connectivity index is 2.63. The number of fused-ring (bicyclic) bond motifs is 1. The van der Waals surface area contributed by atoms with Crippen LogP contribution in [0, 0.1) is 6.92 Å². The van der Waals surface area contributed by atoms with Crippen LogP contribution in [0.5, 0.6) is 0 Å². The maximum Gasteiger partial charge on any atom is 0.341 e. The maximum absolute atomic E-state index is 11.8. The first-order valence-electron chi connectivity index (χ1n) is 5.61. The summed E-state index contributed by atoms with van der Waals surface area (Å²) in [5, 5.41) is 9.98. The average molecular weight is 268 g/mol. The Kier molecular flexibility index (Phi) is 3.71. The second-order valence-electron chi connectivity index (χ2n) is 4.33. The van der Waals surface area contributed by atoms with Gasteiger partial charge in [-0.15, -0.1) is 0 Å². The van der Waals surface area contributed by atoms with E-state index in [1.165, 1.54) is 0 Å². The number of aliphatic hydroxyl groups is 1. The number of hydrogen-bond donors (Lipinski definition) is 2. The Labute approximate surface area is 109 Å². The molecule has 0 amide bonds. The Morgan fingerprint density at radius 2 is 2.22 bits per heavy atom. The summed E-state index contributed by atoms with van der Waals surface area (Å²) in [6, 6.07) is 4.90. The fraction of sp³-hybridized carbons (Fsp3) is 0.308. The predicted octanol–water partition coefficient (Wildman–Crippen LogP) is 1.62. The number of halogens is 1. The van der Waals surface area contributed by atoms with Crippen LogP contribution in [0.2, 0.25) is 5.02 Å². The van der Waals surface area contributed by atoms with E-state index in [1.54, 1.807) is 6.07 Å². The van der Waals surface area contributed by atoms with Gasteiger partial charge in [-0.2, -0.15) is 0 Å². The minimum absolute atomic E-state index is 0.196. The maximum atomic E-state index is 11.8. The van der Waals surface area contributed by atoms with E-state index in [-0.39, 0.29) is 13.0 Å². The number of benzene rings is 1. The molecular formula is C13H14ClNO3. The molecule has 1 unspecified atom stereocenters. The molecule has 4 nitrogen and oxygen atoms in total. The van der Waals surface area contributed by atoms with Gasteiger partial charge in [0.25, 0.3) is 0 Å². The number of hydrogen-bond acceptors (Lipinski definition) is 4. The van der Waals surface area contributed by atoms with Crippen molar-refractivity contribution in [2.45, 2.75) is 19.4 Å². The molecule has 3 N–H and O–H groups in total. The Bertz CT molecular complexity index is 636. The van der Waals surface area contributed by atoms with Crippen LogP contribution in [-0.4, -0.2) is 17.8 Å². The zero-order chi connectivity index (χ0) is 13.3. The van der Waals surface area contributed by atoms with Gasteiger partial charge < -0.3 is 15.3 Å². The van der Waals surface area contributed by atoms with E-state index in [1.807, 2.05) is 19.1 Å². The van der Waals surface area contributed by atoms with E-state index in [0.717, 1.165) is 5.56 Å². The van der Waals surface area contributed by atoms with Crippen molar-refractivity contribution in [2.24, 2.45) is 5.73 Å². The lowest BCUT2D eigenvalue weighted by Crippen LogP contribution is -2.29. The molecule has 1 aromatic heterocycles. The fourth-order valence-electron chi connectivity index (χ4n) is 1.82. The van der Waals surface area contributed by atoms with Crippen LogP contribution in [0.3, 0.4) is 0 Å². The van der Waals surface area contributed by atoms with Crippen LogP contribution in [0.25, 0.3) is 11.0 Å². The highest BCUT2D eigenvalue weighted by Crippen LogP contribution is 2.26. The summed E-state index contributed by atoms with van der Waals surface area (Å²) in [4.78, 5) is 11.8. The molecule has 0 saturated carbocycles. The standard InChI is InChI=1S/C13H14ClNO3/c1-7-2-3-11-9(4-7)12(14)10(13(17)18-11)5-8(15)6-16/h2-4,8,16H,5-6,15H2,1H3. The lowest BCUT2D eigenvalue weighted by atomic mass is 10.1. The van der Waals surface area contributed by atoms with Gasteiger partial charge >= 0.3 is 5.63 Å². The van der Waals surface area contributed by atoms with Crippen LogP contribution in [0.4, 0.5) is 0 Å². The molecule has 2 aromatic rings. The van der Waals surface area contributed by atoms with E-state index >= 15 is 0 Å². The monoisotopic (exact) mass is 267 g/mol. The lowest BCUT2D eigenvalue weighted by molar-refractivity contribution is 0.264. The van der Waals surface area contributed by atoms with Crippen molar-refractivity contribution in [3.05, 3.63) is 44.8 Å². The summed E-state index contributed by atoms with van der Waals surface area (Å²) in [5.74, 6) is 0. The van der Waals surface area contributed by atoms with Gasteiger partial charge in [0.2, 0.25) is 0 Å². The highest BCUT2D eigenvalue weighted by atomic mass is 35.5. The third-order valence-electron chi connectivity index (χ3n) is 2.79. The smallest absolute Gasteiger partial charge is 0.341 e. The molecule has 96 valence electrons. The molecule has 5 heteroatoms. The average Bonchev–Trinajstić information content (AvgIpc) is 2.35. The third kappa shape index (κ3) is 2.41. The molecule has 0 radical (unpaired) electrons. The third-order valence-corrected chi connectivity index (χ3v) is 3.22. The second kappa shape index (κ2) is 5.10. The molecule has 0 fully saturated rings. The van der Waals surface area contributed by atoms with Crippen LogP contribution in [0.1, 0.15) is 11.1 Å². The largest absolute Gasteiger partial charge is 0.422 e. The molecule has 0 aliphatic heterocycles. The first kappa shape index (κ1) is 13.1. The molecule has 0 bridgehead atoms. The molecule has 18 heavy (non-hydrogen) atoms. The topological polar surface area (TPSA) is 76.5 Å². The minimum Gasteiger partial charge on any atom is -0.422 e. The van der Waals surface area contributed by atoms with Crippen LogP contribution >= 0.6 is 11.6 Å². The van der Waals surface area contributed by atoms with E-state index in [2.05, 4.69) is 0 Å². The van der Waals surface area contributed by atoms with Gasteiger partial charge in [-0.1, -0.05) is 23.2 Å². The normalized spacial score (nSPS) is 12.9. The molecule has 2 rings (SSSR count). The second-order valence-corrected chi connectivity index (χ2v) is 4.71. The van der Waals surface area contributed by atoms with Crippen LogP contribution in [0.15, 0.2) is 27.4 Å². The van der Waals surface area contributed by atoms with E-state index in [9.17, 15) is 4.79 Å². The highest BCUT2D eigenvalue weighted by Gasteiger charge is 2.15. The van der Waals surface area contributed by atoms with E-state index in [0.29, 0.717) is 21.6 Å². The van der Waals surface area contributed by atoms with Crippen molar-refractivity contribution >= 4 is 22.6 Å². The number of aliphatic hydroxyl groups excluding tert-OH is 1. The molecule has 1 aromatic carbocycles. The summed E-state index contributed by atoms with van der Waals surface area (Å²) in [6.07, 6.45) is 0.196. The van der Waals surface area contributed by atoms with Crippen molar-refractivity contribution in [1.82, 2.24) is 0 Å². The molecule has 1 atom stereocenters. The van der Waals surface area contributed by atoms with Crippen molar-refractivity contribution in [2.75, 3.05) is 6.61 Å². The van der Waals surface area contributed by atoms with Gasteiger partial charge in [0, 0.05) is 11.4 Å². The molecule has 0 spiro atoms. The first-order chi connectivity index (χ1) is 8.52. The van der Waals surface area contributed by atoms with Gasteiger partial charge in [-0.3, -0.25) is 0 Å². The minimum atomic E-state index is -0.521. The molecule has 1 heterocycles. The van der Waals surface area contributed by atoms with E-state index < -0.39 is 11.7 Å². The summed E-state index contributed by atoms with van der Waals surface area (Å²) in [6.45, 7) is 1.72. The van der Waals surface area contributed by atoms with Gasteiger partial charge in [-0.05, 0) is 25.5 Å². The first-order valence-corrected chi connectivity index (χ1v) is 5.99. The lowest BCUT2D eigenvalue weighted by Gasteiger charge is -2.10. The summed E-state index contributed by atoms with van der Waals surface area (Å²) in [7, 11) is 0. The zero-order valence-electron chi connectivity index (χ0n) is 9.94. The molecule has 0 saturated heterocycles. The zero-order valence-corrected chi connectivity index (χ0v) is 10.7. The van der Waals surface area contributed by atoms with Crippen LogP contribution < -0.4 is 11.4 Å². The molecule has 0 aliphatic carbocycles. The molecule has 0 aliphatic rings. The van der Waals surface area contributed by atoms with Crippen molar-refractivity contribution in [1.29, 1.82) is 0 Å². The van der Waals surface area contributed by atoms with Crippen LogP contribution in [-0.2, 0) is 6.42 Å². The number of rotatable bonds is 3. The summed E-state index contributed by atoms with van der Waals surface area (Å²) in [5.41, 5.74) is 6.92. The van der Waals surface area contributed by atoms with Gasteiger partial charge in [-0.25, -0.2) is 4.79 Å². The van der Waals surface area contributed by atoms with Gasteiger partial charge in [0.05, 0.1) is 17.2 Å². The van der Waals surface area contributed by atoms with Gasteiger partial charge in [0.1, 0.15) is 5.58 Å². The number of nitrogens with two attached hydrogens (primary N) is 1. The van der Waals surface area contributed by atoms with Crippen molar-refractivity contribution in [3.8, 4) is 0 Å². The van der Waals surface area contributed by atoms with E-state index in [4.69, 9.17) is 26.9 Å².